The standard InChI is InChI=1S/C25H26N4O2/c1-16-9-10-20-19(15-16)17(2)22(26-20)23-27-21(28-31-23)11-14-29(3)24(30)25(12-13-25)18-7-5-4-6-8-18/h4-10,15,26H,11-14H2,1-3H3. The van der Waals surface area contributed by atoms with Crippen molar-refractivity contribution in [1.82, 2.24) is 20.0 Å². The molecule has 0 unspecified atom stereocenters. The molecule has 5 rings (SSSR count). The summed E-state index contributed by atoms with van der Waals surface area (Å²) in [7, 11) is 1.86. The van der Waals surface area contributed by atoms with Gasteiger partial charge in [-0.25, -0.2) is 0 Å². The SMILES string of the molecule is Cc1ccc2[nH]c(-c3nc(CCN(C)C(=O)C4(c5ccccc5)CC4)no3)c(C)c2c1. The molecule has 0 aliphatic heterocycles. The highest BCUT2D eigenvalue weighted by Gasteiger charge is 2.52. The maximum atomic E-state index is 13.1. The number of carbonyl (C=O) groups excluding carboxylic acids is 1. The molecule has 0 bridgehead atoms. The quantitative estimate of drug-likeness (QED) is 0.502. The zero-order chi connectivity index (χ0) is 21.6. The van der Waals surface area contributed by atoms with E-state index < -0.39 is 0 Å². The van der Waals surface area contributed by atoms with Gasteiger partial charge in [0.05, 0.1) is 5.41 Å². The van der Waals surface area contributed by atoms with Crippen LogP contribution in [0.2, 0.25) is 0 Å². The minimum Gasteiger partial charge on any atom is -0.350 e. The second-order valence-corrected chi connectivity index (χ2v) is 8.61. The zero-order valence-corrected chi connectivity index (χ0v) is 18.1. The first kappa shape index (κ1) is 19.5. The number of carbonyl (C=O) groups is 1. The number of likely N-dealkylation sites (N-methyl/N-ethyl adjacent to an activating group) is 1. The smallest absolute Gasteiger partial charge is 0.274 e. The Kier molecular flexibility index (Phi) is 4.65. The maximum absolute atomic E-state index is 13.1. The number of nitrogens with zero attached hydrogens (tertiary/aromatic N) is 3. The van der Waals surface area contributed by atoms with Crippen molar-refractivity contribution in [3.05, 3.63) is 71.0 Å². The van der Waals surface area contributed by atoms with Gasteiger partial charge in [-0.05, 0) is 49.9 Å². The average Bonchev–Trinajstić information content (AvgIpc) is 3.36. The second-order valence-electron chi connectivity index (χ2n) is 8.61. The van der Waals surface area contributed by atoms with E-state index in [2.05, 4.69) is 47.2 Å². The molecule has 0 radical (unpaired) electrons. The summed E-state index contributed by atoms with van der Waals surface area (Å²) in [6.07, 6.45) is 2.37. The van der Waals surface area contributed by atoms with Crippen molar-refractivity contribution in [3.63, 3.8) is 0 Å². The fourth-order valence-corrected chi connectivity index (χ4v) is 4.35. The number of aryl methyl sites for hydroxylation is 2. The van der Waals surface area contributed by atoms with Crippen LogP contribution < -0.4 is 0 Å². The van der Waals surface area contributed by atoms with Crippen molar-refractivity contribution in [1.29, 1.82) is 0 Å². The average molecular weight is 415 g/mol. The summed E-state index contributed by atoms with van der Waals surface area (Å²) in [5, 5.41) is 5.31. The number of aromatic nitrogens is 3. The van der Waals surface area contributed by atoms with E-state index >= 15 is 0 Å². The summed E-state index contributed by atoms with van der Waals surface area (Å²) >= 11 is 0. The summed E-state index contributed by atoms with van der Waals surface area (Å²) in [5.74, 6) is 1.26. The fraction of sp³-hybridized carbons (Fsp3) is 0.320. The third-order valence-corrected chi connectivity index (χ3v) is 6.40. The highest BCUT2D eigenvalue weighted by molar-refractivity contribution is 5.91. The van der Waals surface area contributed by atoms with Gasteiger partial charge < -0.3 is 14.4 Å². The lowest BCUT2D eigenvalue weighted by molar-refractivity contribution is -0.132. The van der Waals surface area contributed by atoms with Gasteiger partial charge in [0, 0.05) is 30.9 Å². The second kappa shape index (κ2) is 7.38. The molecule has 6 heteroatoms. The van der Waals surface area contributed by atoms with E-state index in [0.717, 1.165) is 40.6 Å². The monoisotopic (exact) mass is 414 g/mol. The van der Waals surface area contributed by atoms with Crippen LogP contribution in [0.1, 0.15) is 35.4 Å². The molecule has 2 heterocycles. The van der Waals surface area contributed by atoms with Gasteiger partial charge in [0.2, 0.25) is 5.91 Å². The highest BCUT2D eigenvalue weighted by atomic mass is 16.5. The van der Waals surface area contributed by atoms with Gasteiger partial charge in [-0.1, -0.05) is 47.1 Å². The summed E-state index contributed by atoms with van der Waals surface area (Å²) < 4.78 is 5.54. The molecule has 2 aromatic heterocycles. The van der Waals surface area contributed by atoms with Crippen LogP contribution in [0.4, 0.5) is 0 Å². The first-order valence-corrected chi connectivity index (χ1v) is 10.7. The van der Waals surface area contributed by atoms with Crippen LogP contribution >= 0.6 is 0 Å². The van der Waals surface area contributed by atoms with Crippen LogP contribution in [-0.4, -0.2) is 39.5 Å². The number of hydrogen-bond acceptors (Lipinski definition) is 4. The Hall–Kier alpha value is -3.41. The molecular formula is C25H26N4O2. The highest BCUT2D eigenvalue weighted by Crippen LogP contribution is 2.49. The lowest BCUT2D eigenvalue weighted by Crippen LogP contribution is -2.37. The Balaban J connectivity index is 1.29. The molecular weight excluding hydrogens is 388 g/mol. The van der Waals surface area contributed by atoms with E-state index in [-0.39, 0.29) is 11.3 Å². The number of fused-ring (bicyclic) bond motifs is 1. The molecule has 0 saturated heterocycles. The Morgan fingerprint density at radius 3 is 2.68 bits per heavy atom. The van der Waals surface area contributed by atoms with E-state index in [1.54, 1.807) is 4.90 Å². The number of benzene rings is 2. The van der Waals surface area contributed by atoms with Crippen LogP contribution in [0.25, 0.3) is 22.5 Å². The molecule has 31 heavy (non-hydrogen) atoms. The Labute approximate surface area is 181 Å². The Morgan fingerprint density at radius 2 is 1.94 bits per heavy atom. The Morgan fingerprint density at radius 1 is 1.16 bits per heavy atom. The Bertz CT molecular complexity index is 1250. The topological polar surface area (TPSA) is 75.0 Å². The number of amides is 1. The third kappa shape index (κ3) is 3.42. The van der Waals surface area contributed by atoms with Crippen LogP contribution in [0.5, 0.6) is 0 Å². The summed E-state index contributed by atoms with van der Waals surface area (Å²) in [6, 6.07) is 16.4. The van der Waals surface area contributed by atoms with Crippen molar-refractivity contribution < 1.29 is 9.32 Å². The zero-order valence-electron chi connectivity index (χ0n) is 18.1. The van der Waals surface area contributed by atoms with Gasteiger partial charge in [-0.15, -0.1) is 0 Å². The third-order valence-electron chi connectivity index (χ3n) is 6.40. The molecule has 1 fully saturated rings. The molecule has 0 atom stereocenters. The molecule has 0 spiro atoms. The first-order chi connectivity index (χ1) is 15.0. The van der Waals surface area contributed by atoms with Gasteiger partial charge in [-0.2, -0.15) is 4.98 Å². The summed E-state index contributed by atoms with van der Waals surface area (Å²) in [4.78, 5) is 22.9. The van der Waals surface area contributed by atoms with Gasteiger partial charge in [-0.3, -0.25) is 4.79 Å². The predicted octanol–water partition coefficient (Wildman–Crippen LogP) is 4.57. The fourth-order valence-electron chi connectivity index (χ4n) is 4.35. The molecule has 1 saturated carbocycles. The lowest BCUT2D eigenvalue weighted by Gasteiger charge is -2.23. The number of aromatic amines is 1. The van der Waals surface area contributed by atoms with Crippen molar-refractivity contribution in [2.24, 2.45) is 0 Å². The largest absolute Gasteiger partial charge is 0.350 e. The number of nitrogens with one attached hydrogen (secondary N) is 1. The van der Waals surface area contributed by atoms with Crippen molar-refractivity contribution in [3.8, 4) is 11.6 Å². The molecule has 1 amide bonds. The van der Waals surface area contributed by atoms with E-state index in [0.29, 0.717) is 24.7 Å². The molecule has 2 aromatic carbocycles. The number of H-pyrrole nitrogens is 1. The molecule has 1 aliphatic carbocycles. The predicted molar refractivity (Wildman–Crippen MR) is 120 cm³/mol. The van der Waals surface area contributed by atoms with E-state index in [1.165, 1.54) is 5.56 Å². The normalized spacial score (nSPS) is 14.7. The first-order valence-electron chi connectivity index (χ1n) is 10.7. The molecule has 1 N–H and O–H groups in total. The summed E-state index contributed by atoms with van der Waals surface area (Å²) in [5.41, 5.74) is 4.98. The van der Waals surface area contributed by atoms with Gasteiger partial charge in [0.1, 0.15) is 5.69 Å². The number of rotatable bonds is 6. The van der Waals surface area contributed by atoms with E-state index in [1.807, 2.05) is 37.4 Å². The summed E-state index contributed by atoms with van der Waals surface area (Å²) in [6.45, 7) is 4.69. The van der Waals surface area contributed by atoms with Crippen LogP contribution in [0.3, 0.4) is 0 Å². The minimum atomic E-state index is -0.349. The molecule has 158 valence electrons. The van der Waals surface area contributed by atoms with Crippen molar-refractivity contribution >= 4 is 16.8 Å². The molecule has 6 nitrogen and oxygen atoms in total. The van der Waals surface area contributed by atoms with Crippen molar-refractivity contribution in [2.75, 3.05) is 13.6 Å². The van der Waals surface area contributed by atoms with Gasteiger partial charge >= 0.3 is 0 Å². The van der Waals surface area contributed by atoms with Crippen LogP contribution in [0.15, 0.2) is 53.1 Å². The number of hydrogen-bond donors (Lipinski definition) is 1. The van der Waals surface area contributed by atoms with Crippen LogP contribution in [-0.2, 0) is 16.6 Å². The van der Waals surface area contributed by atoms with Gasteiger partial charge in [0.25, 0.3) is 5.89 Å². The lowest BCUT2D eigenvalue weighted by atomic mass is 9.94. The van der Waals surface area contributed by atoms with Crippen LogP contribution in [0, 0.1) is 13.8 Å². The minimum absolute atomic E-state index is 0.171. The molecule has 1 aliphatic rings. The van der Waals surface area contributed by atoms with E-state index in [9.17, 15) is 4.79 Å². The van der Waals surface area contributed by atoms with Gasteiger partial charge in [0.15, 0.2) is 5.82 Å². The van der Waals surface area contributed by atoms with Crippen molar-refractivity contribution in [2.45, 2.75) is 38.5 Å². The maximum Gasteiger partial charge on any atom is 0.274 e. The molecule has 4 aromatic rings. The van der Waals surface area contributed by atoms with E-state index in [4.69, 9.17) is 4.52 Å².